The fourth-order valence-corrected chi connectivity index (χ4v) is 3.21. The Bertz CT molecular complexity index is 711. The summed E-state index contributed by atoms with van der Waals surface area (Å²) in [5.74, 6) is 1.72. The van der Waals surface area contributed by atoms with Gasteiger partial charge in [-0.3, -0.25) is 14.9 Å². The largest absolute Gasteiger partial charge is 0.355 e. The Kier molecular flexibility index (Phi) is 3.96. The van der Waals surface area contributed by atoms with Crippen molar-refractivity contribution in [2.75, 3.05) is 18.0 Å². The van der Waals surface area contributed by atoms with E-state index >= 15 is 0 Å². The Hall–Kier alpha value is -2.37. The van der Waals surface area contributed by atoms with Gasteiger partial charge in [-0.1, -0.05) is 0 Å². The highest BCUT2D eigenvalue weighted by Gasteiger charge is 2.27. The number of carbonyl (C=O) groups excluding carboxylic acids is 1. The molecule has 2 N–H and O–H groups in total. The first kappa shape index (κ1) is 15.2. The molecule has 2 aromatic heterocycles. The number of hydrogen-bond donors (Lipinski definition) is 2. The van der Waals surface area contributed by atoms with Gasteiger partial charge in [-0.05, 0) is 44.7 Å². The number of H-pyrrole nitrogens is 1. The molecule has 6 nitrogen and oxygen atoms in total. The van der Waals surface area contributed by atoms with Crippen LogP contribution in [0.4, 0.5) is 5.82 Å². The Balaban J connectivity index is 1.30. The van der Waals surface area contributed by atoms with Crippen molar-refractivity contribution >= 4 is 11.7 Å². The number of aromatic nitrogens is 3. The average molecular weight is 325 g/mol. The number of anilines is 1. The van der Waals surface area contributed by atoms with Crippen LogP contribution in [-0.2, 0) is 0 Å². The number of amides is 1. The summed E-state index contributed by atoms with van der Waals surface area (Å²) in [4.78, 5) is 18.8. The minimum atomic E-state index is -0.0308. The van der Waals surface area contributed by atoms with Gasteiger partial charge in [-0.15, -0.1) is 0 Å². The fourth-order valence-electron chi connectivity index (χ4n) is 3.21. The van der Waals surface area contributed by atoms with Crippen LogP contribution in [0.1, 0.15) is 53.3 Å². The van der Waals surface area contributed by atoms with Gasteiger partial charge in [0.25, 0.3) is 5.91 Å². The van der Waals surface area contributed by atoms with Gasteiger partial charge in [0.2, 0.25) is 0 Å². The van der Waals surface area contributed by atoms with Gasteiger partial charge in [-0.2, -0.15) is 5.10 Å². The van der Waals surface area contributed by atoms with Crippen LogP contribution in [0.2, 0.25) is 0 Å². The number of aryl methyl sites for hydroxylation is 1. The number of carbonyl (C=O) groups is 1. The lowest BCUT2D eigenvalue weighted by Gasteiger charge is -2.32. The van der Waals surface area contributed by atoms with Crippen LogP contribution in [0.5, 0.6) is 0 Å². The summed E-state index contributed by atoms with van der Waals surface area (Å²) in [6, 6.07) is 6.11. The Morgan fingerprint density at radius 2 is 2.04 bits per heavy atom. The summed E-state index contributed by atoms with van der Waals surface area (Å²) in [5.41, 5.74) is 2.82. The maximum absolute atomic E-state index is 12.3. The SMILES string of the molecule is Cc1ccc(C(=O)NC2CCN(c3cc(C4CC4)[nH]n3)CC2)cn1. The van der Waals surface area contributed by atoms with Crippen LogP contribution in [0.15, 0.2) is 24.4 Å². The minimum absolute atomic E-state index is 0.0308. The van der Waals surface area contributed by atoms with E-state index < -0.39 is 0 Å². The van der Waals surface area contributed by atoms with Gasteiger partial charge in [-0.25, -0.2) is 0 Å². The summed E-state index contributed by atoms with van der Waals surface area (Å²) in [7, 11) is 0. The summed E-state index contributed by atoms with van der Waals surface area (Å²) in [5, 5.41) is 10.7. The number of aromatic amines is 1. The molecule has 4 rings (SSSR count). The molecule has 1 saturated carbocycles. The van der Waals surface area contributed by atoms with E-state index in [2.05, 4.69) is 31.5 Å². The topological polar surface area (TPSA) is 73.9 Å². The van der Waals surface area contributed by atoms with Crippen molar-refractivity contribution in [3.63, 3.8) is 0 Å². The molecule has 1 aliphatic carbocycles. The average Bonchev–Trinajstić information content (AvgIpc) is 3.33. The molecule has 1 saturated heterocycles. The molecular formula is C18H23N5O. The van der Waals surface area contributed by atoms with Crippen molar-refractivity contribution in [2.45, 2.75) is 44.6 Å². The predicted molar refractivity (Wildman–Crippen MR) is 92.2 cm³/mol. The molecule has 126 valence electrons. The number of nitrogens with one attached hydrogen (secondary N) is 2. The van der Waals surface area contributed by atoms with E-state index in [0.717, 1.165) is 37.4 Å². The van der Waals surface area contributed by atoms with E-state index in [-0.39, 0.29) is 11.9 Å². The van der Waals surface area contributed by atoms with Gasteiger partial charge in [0.05, 0.1) is 5.56 Å². The molecule has 0 unspecified atom stereocenters. The van der Waals surface area contributed by atoms with Crippen molar-refractivity contribution in [3.8, 4) is 0 Å². The zero-order valence-corrected chi connectivity index (χ0v) is 14.0. The molecular weight excluding hydrogens is 302 g/mol. The highest BCUT2D eigenvalue weighted by molar-refractivity contribution is 5.94. The lowest BCUT2D eigenvalue weighted by atomic mass is 10.0. The molecule has 0 atom stereocenters. The number of pyridine rings is 1. The van der Waals surface area contributed by atoms with E-state index in [1.165, 1.54) is 18.5 Å². The van der Waals surface area contributed by atoms with Crippen LogP contribution >= 0.6 is 0 Å². The molecule has 2 fully saturated rings. The third-order valence-corrected chi connectivity index (χ3v) is 4.93. The van der Waals surface area contributed by atoms with E-state index in [9.17, 15) is 4.79 Å². The quantitative estimate of drug-likeness (QED) is 0.905. The van der Waals surface area contributed by atoms with E-state index in [4.69, 9.17) is 0 Å². The first-order valence-corrected chi connectivity index (χ1v) is 8.73. The molecule has 6 heteroatoms. The summed E-state index contributed by atoms with van der Waals surface area (Å²) in [6.07, 6.45) is 6.09. The predicted octanol–water partition coefficient (Wildman–Crippen LogP) is 2.39. The smallest absolute Gasteiger partial charge is 0.253 e. The zero-order chi connectivity index (χ0) is 16.5. The normalized spacial score (nSPS) is 18.6. The molecule has 1 aliphatic heterocycles. The van der Waals surface area contributed by atoms with Gasteiger partial charge < -0.3 is 10.2 Å². The van der Waals surface area contributed by atoms with Gasteiger partial charge >= 0.3 is 0 Å². The third kappa shape index (κ3) is 3.27. The molecule has 0 radical (unpaired) electrons. The van der Waals surface area contributed by atoms with E-state index in [1.54, 1.807) is 6.20 Å². The van der Waals surface area contributed by atoms with Crippen LogP contribution < -0.4 is 10.2 Å². The standard InChI is InChI=1S/C18H23N5O/c1-12-2-3-14(11-19-12)18(24)20-15-6-8-23(9-7-15)17-10-16(21-22-17)13-4-5-13/h2-3,10-11,13,15H,4-9H2,1H3,(H,20,24)(H,21,22). The molecule has 0 spiro atoms. The summed E-state index contributed by atoms with van der Waals surface area (Å²) >= 11 is 0. The maximum atomic E-state index is 12.3. The molecule has 2 aliphatic rings. The second kappa shape index (κ2) is 6.26. The molecule has 0 aromatic carbocycles. The maximum Gasteiger partial charge on any atom is 0.253 e. The number of hydrogen-bond acceptors (Lipinski definition) is 4. The highest BCUT2D eigenvalue weighted by Crippen LogP contribution is 2.40. The molecule has 0 bridgehead atoms. The highest BCUT2D eigenvalue weighted by atomic mass is 16.1. The van der Waals surface area contributed by atoms with Crippen LogP contribution in [-0.4, -0.2) is 40.2 Å². The number of nitrogens with zero attached hydrogens (tertiary/aromatic N) is 3. The Labute approximate surface area is 141 Å². The second-order valence-electron chi connectivity index (χ2n) is 6.88. The van der Waals surface area contributed by atoms with Crippen LogP contribution in [0, 0.1) is 6.92 Å². The second-order valence-corrected chi connectivity index (χ2v) is 6.88. The van der Waals surface area contributed by atoms with Crippen molar-refractivity contribution in [1.29, 1.82) is 0 Å². The Morgan fingerprint density at radius 1 is 1.25 bits per heavy atom. The molecule has 24 heavy (non-hydrogen) atoms. The van der Waals surface area contributed by atoms with E-state index in [1.807, 2.05) is 19.1 Å². The van der Waals surface area contributed by atoms with Crippen molar-refractivity contribution in [3.05, 3.63) is 41.3 Å². The molecule has 3 heterocycles. The van der Waals surface area contributed by atoms with E-state index in [0.29, 0.717) is 11.5 Å². The summed E-state index contributed by atoms with van der Waals surface area (Å²) in [6.45, 7) is 3.76. The minimum Gasteiger partial charge on any atom is -0.355 e. The third-order valence-electron chi connectivity index (χ3n) is 4.93. The molecule has 2 aromatic rings. The van der Waals surface area contributed by atoms with Crippen molar-refractivity contribution < 1.29 is 4.79 Å². The van der Waals surface area contributed by atoms with Gasteiger partial charge in [0.1, 0.15) is 0 Å². The van der Waals surface area contributed by atoms with Gasteiger partial charge in [0, 0.05) is 48.7 Å². The lowest BCUT2D eigenvalue weighted by Crippen LogP contribution is -2.44. The molecule has 1 amide bonds. The monoisotopic (exact) mass is 325 g/mol. The fraction of sp³-hybridized carbons (Fsp3) is 0.500. The Morgan fingerprint density at radius 3 is 2.71 bits per heavy atom. The van der Waals surface area contributed by atoms with Crippen molar-refractivity contribution in [2.24, 2.45) is 0 Å². The van der Waals surface area contributed by atoms with Gasteiger partial charge in [0.15, 0.2) is 5.82 Å². The number of rotatable bonds is 4. The lowest BCUT2D eigenvalue weighted by molar-refractivity contribution is 0.0930. The number of piperidine rings is 1. The van der Waals surface area contributed by atoms with Crippen molar-refractivity contribution in [1.82, 2.24) is 20.5 Å². The van der Waals surface area contributed by atoms with Crippen LogP contribution in [0.3, 0.4) is 0 Å². The van der Waals surface area contributed by atoms with Crippen LogP contribution in [0.25, 0.3) is 0 Å². The zero-order valence-electron chi connectivity index (χ0n) is 14.0. The first-order chi connectivity index (χ1) is 11.7. The first-order valence-electron chi connectivity index (χ1n) is 8.73. The summed E-state index contributed by atoms with van der Waals surface area (Å²) < 4.78 is 0.